The van der Waals surface area contributed by atoms with Gasteiger partial charge in [-0.1, -0.05) is 25.1 Å². The Bertz CT molecular complexity index is 286. The molecule has 0 aliphatic carbocycles. The van der Waals surface area contributed by atoms with Gasteiger partial charge in [0.05, 0.1) is 0 Å². The Morgan fingerprint density at radius 1 is 1.06 bits per heavy atom. The van der Waals surface area contributed by atoms with Gasteiger partial charge in [-0.25, -0.2) is 0 Å². The molecule has 4 N–H and O–H groups in total. The highest BCUT2D eigenvalue weighted by Crippen LogP contribution is 2.09. The fourth-order valence-electron chi connectivity index (χ4n) is 1.56. The first-order chi connectivity index (χ1) is 7.84. The third-order valence-corrected chi connectivity index (χ3v) is 2.50. The van der Waals surface area contributed by atoms with Crippen LogP contribution >= 0.6 is 0 Å². The average molecular weight is 221 g/mol. The van der Waals surface area contributed by atoms with E-state index in [1.165, 1.54) is 12.0 Å². The van der Waals surface area contributed by atoms with Crippen LogP contribution in [0.4, 0.5) is 5.69 Å². The van der Waals surface area contributed by atoms with Gasteiger partial charge in [-0.05, 0) is 44.1 Å². The summed E-state index contributed by atoms with van der Waals surface area (Å²) in [6.07, 6.45) is 2.36. The van der Waals surface area contributed by atoms with Crippen molar-refractivity contribution in [2.24, 2.45) is 0 Å². The maximum absolute atomic E-state index is 5.85. The summed E-state index contributed by atoms with van der Waals surface area (Å²) < 4.78 is 0. The van der Waals surface area contributed by atoms with E-state index in [4.69, 9.17) is 5.73 Å². The van der Waals surface area contributed by atoms with Crippen molar-refractivity contribution in [3.05, 3.63) is 29.8 Å². The van der Waals surface area contributed by atoms with Crippen LogP contribution in [-0.2, 0) is 6.54 Å². The Labute approximate surface area is 98.4 Å². The summed E-state index contributed by atoms with van der Waals surface area (Å²) in [5.74, 6) is 0. The molecule has 0 amide bonds. The molecule has 0 radical (unpaired) electrons. The molecule has 1 rings (SSSR count). The predicted octanol–water partition coefficient (Wildman–Crippen LogP) is 1.75. The van der Waals surface area contributed by atoms with Gasteiger partial charge in [0.25, 0.3) is 0 Å². The van der Waals surface area contributed by atoms with Gasteiger partial charge in [-0.2, -0.15) is 0 Å². The average Bonchev–Trinajstić information content (AvgIpc) is 2.30. The summed E-state index contributed by atoms with van der Waals surface area (Å²) in [7, 11) is 0. The Kier molecular flexibility index (Phi) is 6.61. The first kappa shape index (κ1) is 13.0. The standard InChI is InChI=1S/C13H23N3/c1-2-8-15-9-5-10-16-11-12-6-3-4-7-13(12)14/h3-4,6-7,15-16H,2,5,8-11,14H2,1H3. The van der Waals surface area contributed by atoms with Gasteiger partial charge in [0, 0.05) is 12.2 Å². The van der Waals surface area contributed by atoms with Gasteiger partial charge < -0.3 is 16.4 Å². The van der Waals surface area contributed by atoms with Gasteiger partial charge in [0.2, 0.25) is 0 Å². The van der Waals surface area contributed by atoms with E-state index in [1.54, 1.807) is 0 Å². The lowest BCUT2D eigenvalue weighted by Gasteiger charge is -2.07. The monoisotopic (exact) mass is 221 g/mol. The van der Waals surface area contributed by atoms with Crippen LogP contribution in [0, 0.1) is 0 Å². The van der Waals surface area contributed by atoms with Gasteiger partial charge in [0.1, 0.15) is 0 Å². The van der Waals surface area contributed by atoms with E-state index in [0.717, 1.165) is 38.3 Å². The molecule has 0 aromatic heterocycles. The van der Waals surface area contributed by atoms with Crippen molar-refractivity contribution in [3.63, 3.8) is 0 Å². The summed E-state index contributed by atoms with van der Waals surface area (Å²) in [4.78, 5) is 0. The van der Waals surface area contributed by atoms with Crippen molar-refractivity contribution in [3.8, 4) is 0 Å². The molecule has 0 heterocycles. The zero-order valence-electron chi connectivity index (χ0n) is 10.1. The lowest BCUT2D eigenvalue weighted by Crippen LogP contribution is -2.22. The molecular formula is C13H23N3. The van der Waals surface area contributed by atoms with Crippen molar-refractivity contribution >= 4 is 5.69 Å². The van der Waals surface area contributed by atoms with Crippen LogP contribution in [0.3, 0.4) is 0 Å². The maximum Gasteiger partial charge on any atom is 0.0359 e. The highest BCUT2D eigenvalue weighted by Gasteiger charge is 1.96. The molecule has 0 saturated carbocycles. The van der Waals surface area contributed by atoms with Crippen molar-refractivity contribution < 1.29 is 0 Å². The molecule has 0 saturated heterocycles. The van der Waals surface area contributed by atoms with Gasteiger partial charge in [0.15, 0.2) is 0 Å². The maximum atomic E-state index is 5.85. The summed E-state index contributed by atoms with van der Waals surface area (Å²) in [5.41, 5.74) is 7.91. The molecule has 0 aliphatic rings. The quantitative estimate of drug-likeness (QED) is 0.463. The van der Waals surface area contributed by atoms with E-state index in [9.17, 15) is 0 Å². The van der Waals surface area contributed by atoms with E-state index >= 15 is 0 Å². The van der Waals surface area contributed by atoms with E-state index < -0.39 is 0 Å². The molecule has 1 aromatic carbocycles. The van der Waals surface area contributed by atoms with Gasteiger partial charge in [-0.15, -0.1) is 0 Å². The minimum absolute atomic E-state index is 0.862. The van der Waals surface area contributed by atoms with Crippen LogP contribution in [0.1, 0.15) is 25.3 Å². The van der Waals surface area contributed by atoms with Gasteiger partial charge >= 0.3 is 0 Å². The summed E-state index contributed by atoms with van der Waals surface area (Å²) in [6, 6.07) is 8.00. The number of para-hydroxylation sites is 1. The predicted molar refractivity (Wildman–Crippen MR) is 70.3 cm³/mol. The molecule has 0 fully saturated rings. The number of nitrogens with two attached hydrogens (primary N) is 1. The fraction of sp³-hybridized carbons (Fsp3) is 0.538. The number of nitrogens with one attached hydrogen (secondary N) is 2. The fourth-order valence-corrected chi connectivity index (χ4v) is 1.56. The second-order valence-electron chi connectivity index (χ2n) is 3.98. The normalized spacial score (nSPS) is 10.6. The number of benzene rings is 1. The molecule has 0 unspecified atom stereocenters. The van der Waals surface area contributed by atoms with Crippen molar-refractivity contribution in [2.75, 3.05) is 25.4 Å². The summed E-state index contributed by atoms with van der Waals surface area (Å²) in [5, 5.41) is 6.78. The molecular weight excluding hydrogens is 198 g/mol. The van der Waals surface area contributed by atoms with Crippen molar-refractivity contribution in [2.45, 2.75) is 26.3 Å². The highest BCUT2D eigenvalue weighted by molar-refractivity contribution is 5.46. The minimum atomic E-state index is 0.862. The molecule has 0 atom stereocenters. The van der Waals surface area contributed by atoms with E-state index in [0.29, 0.717) is 0 Å². The van der Waals surface area contributed by atoms with Crippen LogP contribution < -0.4 is 16.4 Å². The summed E-state index contributed by atoms with van der Waals surface area (Å²) in [6.45, 7) is 6.28. The number of hydrogen-bond acceptors (Lipinski definition) is 3. The highest BCUT2D eigenvalue weighted by atomic mass is 14.9. The van der Waals surface area contributed by atoms with Crippen LogP contribution in [0.5, 0.6) is 0 Å². The lowest BCUT2D eigenvalue weighted by molar-refractivity contribution is 0.592. The molecule has 90 valence electrons. The SMILES string of the molecule is CCCNCCCNCc1ccccc1N. The first-order valence-electron chi connectivity index (χ1n) is 6.09. The molecule has 3 heteroatoms. The zero-order chi connectivity index (χ0) is 11.6. The molecule has 0 bridgehead atoms. The second kappa shape index (κ2) is 8.13. The second-order valence-corrected chi connectivity index (χ2v) is 3.98. The first-order valence-corrected chi connectivity index (χ1v) is 6.09. The minimum Gasteiger partial charge on any atom is -0.398 e. The number of rotatable bonds is 8. The zero-order valence-corrected chi connectivity index (χ0v) is 10.1. The lowest BCUT2D eigenvalue weighted by atomic mass is 10.2. The summed E-state index contributed by atoms with van der Waals surface area (Å²) >= 11 is 0. The van der Waals surface area contributed by atoms with Crippen LogP contribution in [-0.4, -0.2) is 19.6 Å². The third-order valence-electron chi connectivity index (χ3n) is 2.50. The van der Waals surface area contributed by atoms with Gasteiger partial charge in [-0.3, -0.25) is 0 Å². The molecule has 3 nitrogen and oxygen atoms in total. The number of hydrogen-bond donors (Lipinski definition) is 3. The molecule has 0 spiro atoms. The Morgan fingerprint density at radius 2 is 1.81 bits per heavy atom. The number of nitrogen functional groups attached to an aromatic ring is 1. The molecule has 1 aromatic rings. The van der Waals surface area contributed by atoms with E-state index in [1.807, 2.05) is 18.2 Å². The van der Waals surface area contributed by atoms with Crippen LogP contribution in [0.2, 0.25) is 0 Å². The van der Waals surface area contributed by atoms with Crippen LogP contribution in [0.15, 0.2) is 24.3 Å². The van der Waals surface area contributed by atoms with Crippen molar-refractivity contribution in [1.82, 2.24) is 10.6 Å². The smallest absolute Gasteiger partial charge is 0.0359 e. The van der Waals surface area contributed by atoms with Crippen LogP contribution in [0.25, 0.3) is 0 Å². The van der Waals surface area contributed by atoms with Crippen molar-refractivity contribution in [1.29, 1.82) is 0 Å². The van der Waals surface area contributed by atoms with E-state index in [-0.39, 0.29) is 0 Å². The molecule has 0 aliphatic heterocycles. The van der Waals surface area contributed by atoms with E-state index in [2.05, 4.69) is 23.6 Å². The largest absolute Gasteiger partial charge is 0.398 e. The topological polar surface area (TPSA) is 50.1 Å². The Morgan fingerprint density at radius 3 is 2.56 bits per heavy atom. The molecule has 16 heavy (non-hydrogen) atoms. The Balaban J connectivity index is 2.05. The third kappa shape index (κ3) is 5.14. The number of anilines is 1. The Hall–Kier alpha value is -1.06.